The molecule has 1 fully saturated rings. The van der Waals surface area contributed by atoms with Crippen molar-refractivity contribution in [2.45, 2.75) is 25.7 Å². The van der Waals surface area contributed by atoms with Crippen LogP contribution in [0.15, 0.2) is 30.3 Å². The summed E-state index contributed by atoms with van der Waals surface area (Å²) in [6.45, 7) is 0.644. The highest BCUT2D eigenvalue weighted by molar-refractivity contribution is 6.01. The fraction of sp³-hybridized carbons (Fsp3) is 0.389. The number of carbonyl (C=O) groups is 1. The zero-order valence-corrected chi connectivity index (χ0v) is 13.0. The standard InChI is InChI=1S/C18H20N4O/c19-10-12-3-1-5-14(9-12)18(23)22-16-6-2-4-13-7-8-15(11-20)21-17(13)16/h2,4,6-8,12,14H,1,3,5,9-10,19H2,(H,22,23)/t12-,14+/m0/s1. The Kier molecular flexibility index (Phi) is 4.54. The summed E-state index contributed by atoms with van der Waals surface area (Å²) >= 11 is 0. The molecular formula is C18H20N4O. The molecule has 2 atom stereocenters. The van der Waals surface area contributed by atoms with Gasteiger partial charge < -0.3 is 11.1 Å². The molecule has 23 heavy (non-hydrogen) atoms. The van der Waals surface area contributed by atoms with E-state index in [1.54, 1.807) is 6.07 Å². The highest BCUT2D eigenvalue weighted by Crippen LogP contribution is 2.30. The summed E-state index contributed by atoms with van der Waals surface area (Å²) in [4.78, 5) is 16.9. The van der Waals surface area contributed by atoms with Gasteiger partial charge >= 0.3 is 0 Å². The summed E-state index contributed by atoms with van der Waals surface area (Å²) in [7, 11) is 0. The number of rotatable bonds is 3. The maximum atomic E-state index is 12.6. The predicted molar refractivity (Wildman–Crippen MR) is 89.6 cm³/mol. The molecule has 0 unspecified atom stereocenters. The molecule has 1 aromatic carbocycles. The van der Waals surface area contributed by atoms with Crippen LogP contribution in [0.4, 0.5) is 5.69 Å². The van der Waals surface area contributed by atoms with Crippen molar-refractivity contribution in [2.24, 2.45) is 17.6 Å². The molecule has 1 heterocycles. The number of carbonyl (C=O) groups excluding carboxylic acids is 1. The number of hydrogen-bond donors (Lipinski definition) is 2. The van der Waals surface area contributed by atoms with Crippen LogP contribution in [0.1, 0.15) is 31.4 Å². The first-order valence-corrected chi connectivity index (χ1v) is 8.02. The van der Waals surface area contributed by atoms with Crippen molar-refractivity contribution in [3.05, 3.63) is 36.0 Å². The van der Waals surface area contributed by atoms with Crippen LogP contribution in [0.5, 0.6) is 0 Å². The lowest BCUT2D eigenvalue weighted by Gasteiger charge is -2.27. The highest BCUT2D eigenvalue weighted by Gasteiger charge is 2.26. The molecule has 5 heteroatoms. The minimum atomic E-state index is 0.00621. The quantitative estimate of drug-likeness (QED) is 0.912. The first-order valence-electron chi connectivity index (χ1n) is 8.02. The lowest BCUT2D eigenvalue weighted by Crippen LogP contribution is -2.30. The summed E-state index contributed by atoms with van der Waals surface area (Å²) < 4.78 is 0. The van der Waals surface area contributed by atoms with E-state index < -0.39 is 0 Å². The number of nitrogens with one attached hydrogen (secondary N) is 1. The Morgan fingerprint density at radius 1 is 1.35 bits per heavy atom. The third-order valence-corrected chi connectivity index (χ3v) is 4.58. The molecule has 118 valence electrons. The molecule has 1 saturated carbocycles. The smallest absolute Gasteiger partial charge is 0.227 e. The van der Waals surface area contributed by atoms with Crippen LogP contribution < -0.4 is 11.1 Å². The van der Waals surface area contributed by atoms with Gasteiger partial charge in [0.1, 0.15) is 11.8 Å². The fourth-order valence-electron chi connectivity index (χ4n) is 3.29. The molecule has 0 bridgehead atoms. The van der Waals surface area contributed by atoms with E-state index in [0.29, 0.717) is 29.4 Å². The van der Waals surface area contributed by atoms with Gasteiger partial charge in [-0.2, -0.15) is 5.26 Å². The Balaban J connectivity index is 1.83. The SMILES string of the molecule is N#Cc1ccc2cccc(NC(=O)[C@@H]3CCC[C@H](CN)C3)c2n1. The second-order valence-electron chi connectivity index (χ2n) is 6.14. The number of aromatic nitrogens is 1. The van der Waals surface area contributed by atoms with E-state index in [1.807, 2.05) is 30.3 Å². The second-order valence-corrected chi connectivity index (χ2v) is 6.14. The van der Waals surface area contributed by atoms with E-state index in [2.05, 4.69) is 10.3 Å². The number of para-hydroxylation sites is 1. The zero-order chi connectivity index (χ0) is 16.2. The first kappa shape index (κ1) is 15.4. The second kappa shape index (κ2) is 6.76. The van der Waals surface area contributed by atoms with Gasteiger partial charge in [-0.05, 0) is 49.9 Å². The predicted octanol–water partition coefficient (Wildman–Crippen LogP) is 2.81. The molecule has 0 radical (unpaired) electrons. The van der Waals surface area contributed by atoms with E-state index in [9.17, 15) is 4.79 Å². The summed E-state index contributed by atoms with van der Waals surface area (Å²) in [5.74, 6) is 0.474. The number of nitriles is 1. The normalized spacial score (nSPS) is 20.9. The number of nitrogens with zero attached hydrogens (tertiary/aromatic N) is 2. The van der Waals surface area contributed by atoms with Crippen LogP contribution in [0, 0.1) is 23.2 Å². The molecular weight excluding hydrogens is 288 g/mol. The van der Waals surface area contributed by atoms with Gasteiger partial charge in [0.05, 0.1) is 11.2 Å². The van der Waals surface area contributed by atoms with Crippen LogP contribution in [0.2, 0.25) is 0 Å². The van der Waals surface area contributed by atoms with Gasteiger partial charge in [0, 0.05) is 11.3 Å². The molecule has 2 aromatic rings. The van der Waals surface area contributed by atoms with Gasteiger partial charge in [-0.1, -0.05) is 18.6 Å². The van der Waals surface area contributed by atoms with Gasteiger partial charge in [0.25, 0.3) is 0 Å². The number of hydrogen-bond acceptors (Lipinski definition) is 4. The Bertz CT molecular complexity index is 765. The van der Waals surface area contributed by atoms with Crippen molar-refractivity contribution in [3.63, 3.8) is 0 Å². The summed E-state index contributed by atoms with van der Waals surface area (Å²) in [5, 5.41) is 12.9. The van der Waals surface area contributed by atoms with Gasteiger partial charge in [-0.15, -0.1) is 0 Å². The molecule has 0 spiro atoms. The average molecular weight is 308 g/mol. The molecule has 1 aromatic heterocycles. The number of benzene rings is 1. The van der Waals surface area contributed by atoms with Crippen LogP contribution >= 0.6 is 0 Å². The minimum absolute atomic E-state index is 0.00621. The molecule has 3 N–H and O–H groups in total. The summed E-state index contributed by atoms with van der Waals surface area (Å²) in [6, 6.07) is 11.2. The molecule has 3 rings (SSSR count). The van der Waals surface area contributed by atoms with Crippen LogP contribution in [0.3, 0.4) is 0 Å². The molecule has 0 saturated heterocycles. The van der Waals surface area contributed by atoms with Crippen molar-refractivity contribution in [1.29, 1.82) is 5.26 Å². The molecule has 1 aliphatic rings. The van der Waals surface area contributed by atoms with Gasteiger partial charge in [-0.25, -0.2) is 4.98 Å². The topological polar surface area (TPSA) is 91.8 Å². The molecule has 1 aliphatic carbocycles. The van der Waals surface area contributed by atoms with E-state index in [1.165, 1.54) is 0 Å². The van der Waals surface area contributed by atoms with E-state index in [-0.39, 0.29) is 11.8 Å². The van der Waals surface area contributed by atoms with Crippen LogP contribution in [0.25, 0.3) is 10.9 Å². The Labute approximate surface area is 135 Å². The number of anilines is 1. The average Bonchev–Trinajstić information content (AvgIpc) is 2.61. The Morgan fingerprint density at radius 3 is 3.00 bits per heavy atom. The number of amides is 1. The first-order chi connectivity index (χ1) is 11.2. The minimum Gasteiger partial charge on any atom is -0.330 e. The van der Waals surface area contributed by atoms with Gasteiger partial charge in [0.2, 0.25) is 5.91 Å². The molecule has 1 amide bonds. The van der Waals surface area contributed by atoms with Crippen LogP contribution in [-0.2, 0) is 4.79 Å². The third kappa shape index (κ3) is 3.33. The monoisotopic (exact) mass is 308 g/mol. The lowest BCUT2D eigenvalue weighted by atomic mass is 9.81. The zero-order valence-electron chi connectivity index (χ0n) is 13.0. The fourth-order valence-corrected chi connectivity index (χ4v) is 3.29. The lowest BCUT2D eigenvalue weighted by molar-refractivity contribution is -0.121. The molecule has 0 aliphatic heterocycles. The van der Waals surface area contributed by atoms with E-state index >= 15 is 0 Å². The maximum absolute atomic E-state index is 12.6. The Hall–Kier alpha value is -2.45. The third-order valence-electron chi connectivity index (χ3n) is 4.58. The number of pyridine rings is 1. The van der Waals surface area contributed by atoms with E-state index in [4.69, 9.17) is 11.0 Å². The van der Waals surface area contributed by atoms with Gasteiger partial charge in [-0.3, -0.25) is 4.79 Å². The summed E-state index contributed by atoms with van der Waals surface area (Å²) in [6.07, 6.45) is 3.92. The van der Waals surface area contributed by atoms with Crippen molar-refractivity contribution < 1.29 is 4.79 Å². The number of fused-ring (bicyclic) bond motifs is 1. The maximum Gasteiger partial charge on any atom is 0.227 e. The van der Waals surface area contributed by atoms with Crippen LogP contribution in [-0.4, -0.2) is 17.4 Å². The van der Waals surface area contributed by atoms with Crippen molar-refractivity contribution in [3.8, 4) is 6.07 Å². The molecule has 5 nitrogen and oxygen atoms in total. The van der Waals surface area contributed by atoms with Crippen molar-refractivity contribution in [2.75, 3.05) is 11.9 Å². The summed E-state index contributed by atoms with van der Waals surface area (Å²) in [5.41, 5.74) is 7.42. The largest absolute Gasteiger partial charge is 0.330 e. The Morgan fingerprint density at radius 2 is 2.22 bits per heavy atom. The van der Waals surface area contributed by atoms with E-state index in [0.717, 1.165) is 31.1 Å². The van der Waals surface area contributed by atoms with Crippen molar-refractivity contribution >= 4 is 22.5 Å². The van der Waals surface area contributed by atoms with Gasteiger partial charge in [0.15, 0.2) is 0 Å². The van der Waals surface area contributed by atoms with Crippen molar-refractivity contribution in [1.82, 2.24) is 4.98 Å². The number of nitrogens with two attached hydrogens (primary N) is 1. The highest BCUT2D eigenvalue weighted by atomic mass is 16.1.